The summed E-state index contributed by atoms with van der Waals surface area (Å²) in [6.45, 7) is 6.14. The standard InChI is InChI=1S/C24H44N2.HI/c1-3-5-7-8-9-10-11-12-13-14-15-16-18-20-24(19-17-6-4-2)26-22-21-25-23-26;/h4,21-24H,2-3,5-20H2,1H3;1H. The van der Waals surface area contributed by atoms with Crippen LogP contribution in [0, 0.1) is 0 Å². The Kier molecular flexibility index (Phi) is 20.2. The second-order valence-electron chi connectivity index (χ2n) is 7.96. The van der Waals surface area contributed by atoms with Crippen LogP contribution in [-0.4, -0.2) is 4.98 Å². The highest BCUT2D eigenvalue weighted by Crippen LogP contribution is 2.18. The average molecular weight is 489 g/mol. The van der Waals surface area contributed by atoms with Crippen LogP contribution in [-0.2, 0) is 0 Å². The molecule has 1 rings (SSSR count). The Labute approximate surface area is 186 Å². The van der Waals surface area contributed by atoms with Crippen LogP contribution < -0.4 is 28.5 Å². The molecule has 1 atom stereocenters. The van der Waals surface area contributed by atoms with E-state index in [9.17, 15) is 0 Å². The predicted octanol–water partition coefficient (Wildman–Crippen LogP) is 4.68. The van der Waals surface area contributed by atoms with Crippen molar-refractivity contribution < 1.29 is 28.5 Å². The maximum absolute atomic E-state index is 3.85. The molecule has 1 unspecified atom stereocenters. The number of nitrogens with zero attached hydrogens (tertiary/aromatic N) is 1. The fourth-order valence-corrected chi connectivity index (χ4v) is 3.87. The Morgan fingerprint density at radius 2 is 1.33 bits per heavy atom. The van der Waals surface area contributed by atoms with Crippen molar-refractivity contribution in [2.45, 2.75) is 122 Å². The van der Waals surface area contributed by atoms with Crippen molar-refractivity contribution in [3.63, 3.8) is 0 Å². The van der Waals surface area contributed by atoms with Crippen molar-refractivity contribution in [2.75, 3.05) is 0 Å². The van der Waals surface area contributed by atoms with E-state index in [1.807, 2.05) is 12.3 Å². The zero-order valence-electron chi connectivity index (χ0n) is 17.9. The van der Waals surface area contributed by atoms with Gasteiger partial charge in [0.2, 0.25) is 6.33 Å². The van der Waals surface area contributed by atoms with E-state index >= 15 is 0 Å². The molecule has 0 radical (unpaired) electrons. The van der Waals surface area contributed by atoms with E-state index in [0.29, 0.717) is 6.04 Å². The summed E-state index contributed by atoms with van der Waals surface area (Å²) in [6.07, 6.45) is 32.0. The van der Waals surface area contributed by atoms with Crippen LogP contribution in [0.5, 0.6) is 0 Å². The van der Waals surface area contributed by atoms with E-state index in [1.54, 1.807) is 0 Å². The lowest BCUT2D eigenvalue weighted by molar-refractivity contribution is -0.723. The molecule has 0 aliphatic heterocycles. The van der Waals surface area contributed by atoms with Gasteiger partial charge in [-0.1, -0.05) is 90.0 Å². The summed E-state index contributed by atoms with van der Waals surface area (Å²) in [7, 11) is 0. The van der Waals surface area contributed by atoms with Crippen molar-refractivity contribution in [1.82, 2.24) is 4.98 Å². The molecule has 1 aromatic rings. The predicted molar refractivity (Wildman–Crippen MR) is 114 cm³/mol. The van der Waals surface area contributed by atoms with Gasteiger partial charge in [-0.15, -0.1) is 6.58 Å². The Bertz CT molecular complexity index is 403. The third-order valence-electron chi connectivity index (χ3n) is 5.57. The number of aromatic nitrogens is 2. The second kappa shape index (κ2) is 20.4. The molecule has 158 valence electrons. The molecule has 0 saturated carbocycles. The Hall–Kier alpha value is -0.320. The van der Waals surface area contributed by atoms with E-state index in [0.717, 1.165) is 6.42 Å². The molecule has 1 aromatic heterocycles. The molecule has 0 spiro atoms. The molecule has 3 heteroatoms. The number of halogens is 1. The Balaban J connectivity index is 0.00000676. The summed E-state index contributed by atoms with van der Waals surface area (Å²) < 4.78 is 2.36. The van der Waals surface area contributed by atoms with Gasteiger partial charge in [0.25, 0.3) is 0 Å². The quantitative estimate of drug-likeness (QED) is 0.126. The number of aromatic amines is 1. The first-order valence-corrected chi connectivity index (χ1v) is 11.5. The molecule has 0 aliphatic rings. The van der Waals surface area contributed by atoms with Crippen LogP contribution in [0.25, 0.3) is 0 Å². The summed E-state index contributed by atoms with van der Waals surface area (Å²) in [5.41, 5.74) is 0. The van der Waals surface area contributed by atoms with Crippen molar-refractivity contribution in [3.05, 3.63) is 31.4 Å². The number of hydrogen-bond acceptors (Lipinski definition) is 0. The SMILES string of the molecule is C=CCCCC(CCCCCCCCCCCCCCC)[n+]1cc[nH]c1.[I-]. The number of unbranched alkanes of at least 4 members (excludes halogenated alkanes) is 13. The summed E-state index contributed by atoms with van der Waals surface area (Å²) >= 11 is 0. The van der Waals surface area contributed by atoms with Crippen LogP contribution in [0.15, 0.2) is 31.4 Å². The van der Waals surface area contributed by atoms with Gasteiger partial charge in [-0.3, -0.25) is 4.98 Å². The first kappa shape index (κ1) is 26.7. The normalized spacial score (nSPS) is 11.9. The molecule has 1 N–H and O–H groups in total. The second-order valence-corrected chi connectivity index (χ2v) is 7.96. The fraction of sp³-hybridized carbons (Fsp3) is 0.792. The maximum atomic E-state index is 3.85. The molecular weight excluding hydrogens is 443 g/mol. The van der Waals surface area contributed by atoms with Crippen LogP contribution in [0.2, 0.25) is 0 Å². The van der Waals surface area contributed by atoms with E-state index in [-0.39, 0.29) is 24.0 Å². The minimum absolute atomic E-state index is 0. The highest BCUT2D eigenvalue weighted by Gasteiger charge is 2.14. The molecule has 27 heavy (non-hydrogen) atoms. The van der Waals surface area contributed by atoms with E-state index < -0.39 is 0 Å². The van der Waals surface area contributed by atoms with Gasteiger partial charge in [-0.05, 0) is 32.1 Å². The molecule has 2 nitrogen and oxygen atoms in total. The van der Waals surface area contributed by atoms with Gasteiger partial charge in [0.1, 0.15) is 18.4 Å². The number of hydrogen-bond donors (Lipinski definition) is 1. The first-order valence-electron chi connectivity index (χ1n) is 11.5. The highest BCUT2D eigenvalue weighted by molar-refractivity contribution is 4.67. The largest absolute Gasteiger partial charge is 1.00 e. The lowest BCUT2D eigenvalue weighted by Crippen LogP contribution is -3.00. The topological polar surface area (TPSA) is 19.7 Å². The molecule has 0 saturated heterocycles. The fourth-order valence-electron chi connectivity index (χ4n) is 3.87. The number of H-pyrrole nitrogens is 1. The van der Waals surface area contributed by atoms with Gasteiger partial charge in [-0.25, -0.2) is 4.57 Å². The van der Waals surface area contributed by atoms with Gasteiger partial charge >= 0.3 is 0 Å². The Morgan fingerprint density at radius 1 is 0.815 bits per heavy atom. The van der Waals surface area contributed by atoms with Crippen LogP contribution in [0.4, 0.5) is 0 Å². The summed E-state index contributed by atoms with van der Waals surface area (Å²) in [5, 5.41) is 0. The summed E-state index contributed by atoms with van der Waals surface area (Å²) in [6, 6.07) is 0.661. The lowest BCUT2D eigenvalue weighted by Gasteiger charge is -2.13. The zero-order chi connectivity index (χ0) is 18.7. The molecule has 0 aromatic carbocycles. The zero-order valence-corrected chi connectivity index (χ0v) is 20.1. The number of allylic oxidation sites excluding steroid dienone is 1. The summed E-state index contributed by atoms with van der Waals surface area (Å²) in [5.74, 6) is 0. The highest BCUT2D eigenvalue weighted by atomic mass is 127. The Morgan fingerprint density at radius 3 is 1.81 bits per heavy atom. The molecule has 1 heterocycles. The average Bonchev–Trinajstić information content (AvgIpc) is 3.18. The number of imidazole rings is 1. The van der Waals surface area contributed by atoms with Gasteiger partial charge in [-0.2, -0.15) is 0 Å². The van der Waals surface area contributed by atoms with E-state index in [4.69, 9.17) is 0 Å². The van der Waals surface area contributed by atoms with E-state index in [1.165, 1.54) is 103 Å². The molecule has 0 bridgehead atoms. The smallest absolute Gasteiger partial charge is 0.241 e. The van der Waals surface area contributed by atoms with Gasteiger partial charge in [0.15, 0.2) is 0 Å². The number of rotatable bonds is 19. The minimum atomic E-state index is 0. The van der Waals surface area contributed by atoms with Crippen molar-refractivity contribution >= 4 is 0 Å². The van der Waals surface area contributed by atoms with Crippen molar-refractivity contribution in [2.24, 2.45) is 0 Å². The molecule has 0 fully saturated rings. The molecular formula is C24H45IN2. The van der Waals surface area contributed by atoms with Crippen molar-refractivity contribution in [1.29, 1.82) is 0 Å². The minimum Gasteiger partial charge on any atom is -1.00 e. The first-order chi connectivity index (χ1) is 12.9. The van der Waals surface area contributed by atoms with Gasteiger partial charge in [0, 0.05) is 0 Å². The summed E-state index contributed by atoms with van der Waals surface area (Å²) in [4.78, 5) is 3.19. The van der Waals surface area contributed by atoms with Crippen molar-refractivity contribution in [3.8, 4) is 0 Å². The third-order valence-corrected chi connectivity index (χ3v) is 5.57. The van der Waals surface area contributed by atoms with Crippen LogP contribution in [0.1, 0.15) is 122 Å². The monoisotopic (exact) mass is 488 g/mol. The van der Waals surface area contributed by atoms with Gasteiger partial charge in [0.05, 0.1) is 0 Å². The van der Waals surface area contributed by atoms with Crippen LogP contribution in [0.3, 0.4) is 0 Å². The lowest BCUT2D eigenvalue weighted by atomic mass is 10.0. The number of nitrogens with one attached hydrogen (secondary N) is 1. The molecule has 0 amide bonds. The van der Waals surface area contributed by atoms with Crippen LogP contribution >= 0.6 is 0 Å². The third kappa shape index (κ3) is 15.3. The van der Waals surface area contributed by atoms with Gasteiger partial charge < -0.3 is 24.0 Å². The maximum Gasteiger partial charge on any atom is 0.241 e. The molecule has 0 aliphatic carbocycles. The van der Waals surface area contributed by atoms with E-state index in [2.05, 4.69) is 35.6 Å².